The molecule has 4 heteroatoms. The monoisotopic (exact) mass is 241 g/mol. The number of nitrogens with zero attached hydrogens (tertiary/aromatic N) is 2. The molecule has 1 saturated heterocycles. The van der Waals surface area contributed by atoms with Crippen molar-refractivity contribution in [3.8, 4) is 17.1 Å². The lowest BCUT2D eigenvalue weighted by molar-refractivity contribution is 0.141. The largest absolute Gasteiger partial charge is 0.485 e. The summed E-state index contributed by atoms with van der Waals surface area (Å²) in [6.07, 6.45) is 3.75. The molecule has 0 bridgehead atoms. The van der Waals surface area contributed by atoms with Gasteiger partial charge in [0.1, 0.15) is 6.10 Å². The Labute approximate surface area is 106 Å². The molecule has 1 fully saturated rings. The Balaban J connectivity index is 1.80. The van der Waals surface area contributed by atoms with E-state index in [4.69, 9.17) is 4.74 Å². The molecule has 92 valence electrons. The van der Waals surface area contributed by atoms with Crippen molar-refractivity contribution in [3.63, 3.8) is 0 Å². The highest BCUT2D eigenvalue weighted by Gasteiger charge is 2.18. The van der Waals surface area contributed by atoms with Gasteiger partial charge in [-0.05, 0) is 12.5 Å². The third-order valence-electron chi connectivity index (χ3n) is 3.06. The summed E-state index contributed by atoms with van der Waals surface area (Å²) >= 11 is 0. The average molecular weight is 241 g/mol. The molecule has 2 aromatic rings. The molecule has 0 unspecified atom stereocenters. The van der Waals surface area contributed by atoms with E-state index in [2.05, 4.69) is 28.3 Å². The predicted molar refractivity (Wildman–Crippen MR) is 69.5 cm³/mol. The number of aromatic nitrogens is 2. The molecule has 0 amide bonds. The predicted octanol–water partition coefficient (Wildman–Crippen LogP) is 1.80. The van der Waals surface area contributed by atoms with Crippen LogP contribution in [0.15, 0.2) is 36.7 Å². The Kier molecular flexibility index (Phi) is 2.94. The molecule has 1 N–H and O–H groups in total. The summed E-state index contributed by atoms with van der Waals surface area (Å²) < 4.78 is 5.68. The zero-order chi connectivity index (χ0) is 12.4. The van der Waals surface area contributed by atoms with Gasteiger partial charge in [0, 0.05) is 18.7 Å². The number of ether oxygens (including phenoxy) is 1. The first-order valence-corrected chi connectivity index (χ1v) is 6.08. The second-order valence-electron chi connectivity index (χ2n) is 4.46. The minimum absolute atomic E-state index is 0.262. The van der Waals surface area contributed by atoms with Gasteiger partial charge in [-0.3, -0.25) is 0 Å². The third kappa shape index (κ3) is 2.19. The minimum atomic E-state index is 0.262. The molecule has 0 saturated carbocycles. The van der Waals surface area contributed by atoms with Crippen LogP contribution in [0.5, 0.6) is 5.75 Å². The van der Waals surface area contributed by atoms with Gasteiger partial charge in [0.15, 0.2) is 11.6 Å². The van der Waals surface area contributed by atoms with Crippen LogP contribution in [-0.4, -0.2) is 29.2 Å². The van der Waals surface area contributed by atoms with E-state index in [1.807, 2.05) is 18.2 Å². The molecule has 0 atom stereocenters. The summed E-state index contributed by atoms with van der Waals surface area (Å²) in [5.74, 6) is 1.48. The van der Waals surface area contributed by atoms with Crippen molar-refractivity contribution >= 4 is 0 Å². The van der Waals surface area contributed by atoms with Gasteiger partial charge in [-0.25, -0.2) is 9.97 Å². The Hall–Kier alpha value is -1.94. The van der Waals surface area contributed by atoms with E-state index >= 15 is 0 Å². The number of hydrogen-bond donors (Lipinski definition) is 1. The van der Waals surface area contributed by atoms with E-state index in [9.17, 15) is 0 Å². The number of nitrogens with one attached hydrogen (secondary N) is 1. The van der Waals surface area contributed by atoms with Crippen LogP contribution in [0.1, 0.15) is 5.56 Å². The van der Waals surface area contributed by atoms with Gasteiger partial charge in [-0.15, -0.1) is 0 Å². The number of benzene rings is 1. The van der Waals surface area contributed by atoms with E-state index < -0.39 is 0 Å². The Morgan fingerprint density at radius 2 is 1.89 bits per heavy atom. The molecule has 0 radical (unpaired) electrons. The fraction of sp³-hybridized carbons (Fsp3) is 0.286. The van der Waals surface area contributed by atoms with Crippen molar-refractivity contribution in [2.24, 2.45) is 0 Å². The van der Waals surface area contributed by atoms with E-state index in [0.717, 1.165) is 30.2 Å². The van der Waals surface area contributed by atoms with Crippen molar-refractivity contribution in [1.82, 2.24) is 15.3 Å². The fourth-order valence-electron chi connectivity index (χ4n) is 1.88. The molecular formula is C14H15N3O. The quantitative estimate of drug-likeness (QED) is 0.890. The molecule has 1 aromatic carbocycles. The maximum atomic E-state index is 5.68. The lowest BCUT2D eigenvalue weighted by Crippen LogP contribution is -2.50. The standard InChI is InChI=1S/C14H15N3O/c1-10-4-2-3-5-13(10)14-16-8-12(9-17-14)18-11-6-15-7-11/h2-5,8-9,11,15H,6-7H2,1H3. The van der Waals surface area contributed by atoms with Gasteiger partial charge >= 0.3 is 0 Å². The summed E-state index contributed by atoms with van der Waals surface area (Å²) in [7, 11) is 0. The summed E-state index contributed by atoms with van der Waals surface area (Å²) in [5.41, 5.74) is 2.24. The molecule has 1 aromatic heterocycles. The van der Waals surface area contributed by atoms with E-state index in [0.29, 0.717) is 0 Å². The van der Waals surface area contributed by atoms with Gasteiger partial charge in [-0.2, -0.15) is 0 Å². The normalized spacial score (nSPS) is 15.2. The number of hydrogen-bond acceptors (Lipinski definition) is 4. The minimum Gasteiger partial charge on any atom is -0.485 e. The van der Waals surface area contributed by atoms with E-state index in [1.165, 1.54) is 5.56 Å². The second kappa shape index (κ2) is 4.74. The first kappa shape index (κ1) is 11.2. The highest BCUT2D eigenvalue weighted by atomic mass is 16.5. The average Bonchev–Trinajstić information content (AvgIpc) is 2.35. The Morgan fingerprint density at radius 3 is 2.50 bits per heavy atom. The van der Waals surface area contributed by atoms with Crippen LogP contribution in [0.2, 0.25) is 0 Å². The van der Waals surface area contributed by atoms with Gasteiger partial charge in [0.25, 0.3) is 0 Å². The Bertz CT molecular complexity index is 535. The van der Waals surface area contributed by atoms with Gasteiger partial charge in [0.05, 0.1) is 12.4 Å². The lowest BCUT2D eigenvalue weighted by Gasteiger charge is -2.27. The van der Waals surface area contributed by atoms with Crippen LogP contribution in [0.4, 0.5) is 0 Å². The van der Waals surface area contributed by atoms with Crippen LogP contribution >= 0.6 is 0 Å². The van der Waals surface area contributed by atoms with Crippen LogP contribution < -0.4 is 10.1 Å². The fourth-order valence-corrected chi connectivity index (χ4v) is 1.88. The molecule has 0 aliphatic carbocycles. The first-order chi connectivity index (χ1) is 8.83. The highest BCUT2D eigenvalue weighted by Crippen LogP contribution is 2.20. The number of rotatable bonds is 3. The molecule has 1 aliphatic rings. The summed E-state index contributed by atoms with van der Waals surface area (Å²) in [6, 6.07) is 8.10. The topological polar surface area (TPSA) is 47.0 Å². The zero-order valence-electron chi connectivity index (χ0n) is 10.3. The van der Waals surface area contributed by atoms with Crippen molar-refractivity contribution < 1.29 is 4.74 Å². The smallest absolute Gasteiger partial charge is 0.159 e. The molecule has 2 heterocycles. The van der Waals surface area contributed by atoms with E-state index in [1.54, 1.807) is 12.4 Å². The maximum absolute atomic E-state index is 5.68. The molecule has 4 nitrogen and oxygen atoms in total. The SMILES string of the molecule is Cc1ccccc1-c1ncc(OC2CNC2)cn1. The van der Waals surface area contributed by atoms with Gasteiger partial charge in [-0.1, -0.05) is 24.3 Å². The molecule has 1 aliphatic heterocycles. The van der Waals surface area contributed by atoms with E-state index in [-0.39, 0.29) is 6.10 Å². The summed E-state index contributed by atoms with van der Waals surface area (Å²) in [5, 5.41) is 3.16. The van der Waals surface area contributed by atoms with Crippen molar-refractivity contribution in [2.45, 2.75) is 13.0 Å². The zero-order valence-corrected chi connectivity index (χ0v) is 10.3. The highest BCUT2D eigenvalue weighted by molar-refractivity contribution is 5.59. The molecule has 3 rings (SSSR count). The van der Waals surface area contributed by atoms with Crippen LogP contribution in [0.25, 0.3) is 11.4 Å². The number of aryl methyl sites for hydroxylation is 1. The van der Waals surface area contributed by atoms with Crippen molar-refractivity contribution in [1.29, 1.82) is 0 Å². The van der Waals surface area contributed by atoms with Crippen molar-refractivity contribution in [2.75, 3.05) is 13.1 Å². The lowest BCUT2D eigenvalue weighted by atomic mass is 10.1. The molecular weight excluding hydrogens is 226 g/mol. The van der Waals surface area contributed by atoms with Gasteiger partial charge < -0.3 is 10.1 Å². The first-order valence-electron chi connectivity index (χ1n) is 6.08. The second-order valence-corrected chi connectivity index (χ2v) is 4.46. The Morgan fingerprint density at radius 1 is 1.17 bits per heavy atom. The molecule has 18 heavy (non-hydrogen) atoms. The summed E-state index contributed by atoms with van der Waals surface area (Å²) in [6.45, 7) is 3.86. The van der Waals surface area contributed by atoms with Crippen LogP contribution in [0, 0.1) is 6.92 Å². The maximum Gasteiger partial charge on any atom is 0.159 e. The van der Waals surface area contributed by atoms with Gasteiger partial charge in [0.2, 0.25) is 0 Å². The van der Waals surface area contributed by atoms with Crippen LogP contribution in [-0.2, 0) is 0 Å². The molecule has 0 spiro atoms. The van der Waals surface area contributed by atoms with Crippen molar-refractivity contribution in [3.05, 3.63) is 42.2 Å². The third-order valence-corrected chi connectivity index (χ3v) is 3.06. The van der Waals surface area contributed by atoms with Crippen LogP contribution in [0.3, 0.4) is 0 Å². The summed E-state index contributed by atoms with van der Waals surface area (Å²) in [4.78, 5) is 8.73.